The summed E-state index contributed by atoms with van der Waals surface area (Å²) in [7, 11) is 0. The van der Waals surface area contributed by atoms with Gasteiger partial charge in [-0.15, -0.1) is 11.3 Å². The number of benzene rings is 1. The van der Waals surface area contributed by atoms with Crippen LogP contribution in [0.15, 0.2) is 28.1 Å². The lowest BCUT2D eigenvalue weighted by Crippen LogP contribution is -2.17. The molecule has 0 bridgehead atoms. The molecular formula is C14H15BrN2S. The molecule has 1 aromatic carbocycles. The number of rotatable bonds is 2. The van der Waals surface area contributed by atoms with Crippen molar-refractivity contribution >= 4 is 33.0 Å². The van der Waals surface area contributed by atoms with Crippen molar-refractivity contribution in [1.29, 1.82) is 0 Å². The van der Waals surface area contributed by atoms with Gasteiger partial charge < -0.3 is 4.90 Å². The minimum absolute atomic E-state index is 1.07. The van der Waals surface area contributed by atoms with Crippen LogP contribution in [-0.2, 0) is 0 Å². The molecule has 1 saturated heterocycles. The molecule has 0 N–H and O–H groups in total. The van der Waals surface area contributed by atoms with Gasteiger partial charge in [0.05, 0.1) is 9.48 Å². The maximum Gasteiger partial charge on any atom is 0.124 e. The highest BCUT2D eigenvalue weighted by atomic mass is 79.9. The van der Waals surface area contributed by atoms with Crippen LogP contribution in [0.25, 0.3) is 10.6 Å². The van der Waals surface area contributed by atoms with Gasteiger partial charge in [-0.3, -0.25) is 0 Å². The van der Waals surface area contributed by atoms with E-state index in [0.29, 0.717) is 0 Å². The molecule has 0 amide bonds. The van der Waals surface area contributed by atoms with Gasteiger partial charge in [0.2, 0.25) is 0 Å². The van der Waals surface area contributed by atoms with Crippen molar-refractivity contribution in [1.82, 2.24) is 4.98 Å². The average molecular weight is 323 g/mol. The molecule has 94 valence electrons. The second kappa shape index (κ2) is 5.02. The molecule has 0 radical (unpaired) electrons. The normalized spacial score (nSPS) is 15.3. The van der Waals surface area contributed by atoms with Crippen LogP contribution in [0.1, 0.15) is 18.5 Å². The minimum Gasteiger partial charge on any atom is -0.372 e. The molecule has 1 aliphatic rings. The first kappa shape index (κ1) is 12.2. The Kier molecular flexibility index (Phi) is 3.39. The highest BCUT2D eigenvalue weighted by Crippen LogP contribution is 2.33. The second-order valence-electron chi connectivity index (χ2n) is 4.62. The van der Waals surface area contributed by atoms with Gasteiger partial charge in [0.15, 0.2) is 0 Å². The molecule has 0 atom stereocenters. The number of nitrogens with zero attached hydrogens (tertiary/aromatic N) is 2. The number of halogens is 1. The monoisotopic (exact) mass is 322 g/mol. The van der Waals surface area contributed by atoms with Crippen LogP contribution < -0.4 is 4.90 Å². The van der Waals surface area contributed by atoms with Crippen LogP contribution in [0.2, 0.25) is 0 Å². The number of anilines is 1. The minimum atomic E-state index is 1.07. The van der Waals surface area contributed by atoms with Gasteiger partial charge in [-0.1, -0.05) is 12.1 Å². The summed E-state index contributed by atoms with van der Waals surface area (Å²) in [5.74, 6) is 0. The Morgan fingerprint density at radius 2 is 2.06 bits per heavy atom. The highest BCUT2D eigenvalue weighted by Gasteiger charge is 2.14. The van der Waals surface area contributed by atoms with Crippen LogP contribution in [-0.4, -0.2) is 18.1 Å². The number of aryl methyl sites for hydroxylation is 1. The number of hydrogen-bond acceptors (Lipinski definition) is 3. The van der Waals surface area contributed by atoms with Crippen LogP contribution in [0, 0.1) is 6.92 Å². The van der Waals surface area contributed by atoms with Gasteiger partial charge in [-0.05, 0) is 47.8 Å². The Hall–Kier alpha value is -0.870. The zero-order chi connectivity index (χ0) is 12.5. The third-order valence-corrected chi connectivity index (χ3v) is 5.36. The van der Waals surface area contributed by atoms with Crippen molar-refractivity contribution in [2.75, 3.05) is 18.0 Å². The van der Waals surface area contributed by atoms with E-state index in [-0.39, 0.29) is 0 Å². The number of aromatic nitrogens is 1. The molecule has 4 heteroatoms. The van der Waals surface area contributed by atoms with Crippen molar-refractivity contribution in [3.63, 3.8) is 0 Å². The predicted molar refractivity (Wildman–Crippen MR) is 81.4 cm³/mol. The molecule has 3 rings (SSSR count). The molecule has 18 heavy (non-hydrogen) atoms. The molecule has 0 saturated carbocycles. The maximum atomic E-state index is 4.60. The van der Waals surface area contributed by atoms with Crippen molar-refractivity contribution in [2.45, 2.75) is 19.8 Å². The molecule has 2 heterocycles. The van der Waals surface area contributed by atoms with Crippen LogP contribution in [0.5, 0.6) is 0 Å². The molecule has 1 aromatic heterocycles. The zero-order valence-corrected chi connectivity index (χ0v) is 12.7. The van der Waals surface area contributed by atoms with E-state index >= 15 is 0 Å². The van der Waals surface area contributed by atoms with E-state index in [1.165, 1.54) is 37.2 Å². The first-order valence-corrected chi connectivity index (χ1v) is 7.83. The highest BCUT2D eigenvalue weighted by molar-refractivity contribution is 9.11. The van der Waals surface area contributed by atoms with E-state index in [2.05, 4.69) is 50.1 Å². The lowest BCUT2D eigenvalue weighted by Gasteiger charge is -2.17. The molecule has 2 nitrogen and oxygen atoms in total. The van der Waals surface area contributed by atoms with Crippen LogP contribution in [0.4, 0.5) is 5.69 Å². The molecule has 0 unspecified atom stereocenters. The lowest BCUT2D eigenvalue weighted by molar-refractivity contribution is 0.949. The molecule has 0 spiro atoms. The summed E-state index contributed by atoms with van der Waals surface area (Å²) < 4.78 is 1.13. The fraction of sp³-hybridized carbons (Fsp3) is 0.357. The standard InChI is InChI=1S/C14H15BrN2S/c1-10-13(15)18-14(16-10)11-5-4-6-12(9-11)17-7-2-3-8-17/h4-6,9H,2-3,7-8H2,1H3. The van der Waals surface area contributed by atoms with E-state index < -0.39 is 0 Å². The SMILES string of the molecule is Cc1nc(-c2cccc(N3CCCC3)c2)sc1Br. The Morgan fingerprint density at radius 1 is 1.28 bits per heavy atom. The Morgan fingerprint density at radius 3 is 2.72 bits per heavy atom. The smallest absolute Gasteiger partial charge is 0.124 e. The first-order chi connectivity index (χ1) is 8.74. The fourth-order valence-corrected chi connectivity index (χ4v) is 3.65. The summed E-state index contributed by atoms with van der Waals surface area (Å²) in [4.78, 5) is 7.06. The van der Waals surface area contributed by atoms with E-state index in [4.69, 9.17) is 0 Å². The summed E-state index contributed by atoms with van der Waals surface area (Å²) in [6.07, 6.45) is 2.62. The van der Waals surface area contributed by atoms with Gasteiger partial charge >= 0.3 is 0 Å². The molecule has 2 aromatic rings. The summed E-state index contributed by atoms with van der Waals surface area (Å²) >= 11 is 5.25. The number of thiazole rings is 1. The summed E-state index contributed by atoms with van der Waals surface area (Å²) in [6, 6.07) is 8.73. The molecule has 1 fully saturated rings. The summed E-state index contributed by atoms with van der Waals surface area (Å²) in [5, 5.41) is 1.10. The van der Waals surface area contributed by atoms with Crippen molar-refractivity contribution in [3.05, 3.63) is 33.7 Å². The quantitative estimate of drug-likeness (QED) is 0.810. The van der Waals surface area contributed by atoms with Crippen molar-refractivity contribution in [3.8, 4) is 10.6 Å². The van der Waals surface area contributed by atoms with Gasteiger partial charge in [0.25, 0.3) is 0 Å². The van der Waals surface area contributed by atoms with Crippen molar-refractivity contribution in [2.24, 2.45) is 0 Å². The largest absolute Gasteiger partial charge is 0.372 e. The van der Waals surface area contributed by atoms with Crippen LogP contribution >= 0.6 is 27.3 Å². The Labute approximate surface area is 120 Å². The summed E-state index contributed by atoms with van der Waals surface area (Å²) in [6.45, 7) is 4.41. The van der Waals surface area contributed by atoms with Gasteiger partial charge in [-0.25, -0.2) is 4.98 Å². The van der Waals surface area contributed by atoms with Crippen molar-refractivity contribution < 1.29 is 0 Å². The van der Waals surface area contributed by atoms with E-state index in [9.17, 15) is 0 Å². The van der Waals surface area contributed by atoms with E-state index in [1.54, 1.807) is 11.3 Å². The number of hydrogen-bond donors (Lipinski definition) is 0. The molecule has 0 aliphatic carbocycles. The van der Waals surface area contributed by atoms with Gasteiger partial charge in [0, 0.05) is 24.3 Å². The second-order valence-corrected chi connectivity index (χ2v) is 6.94. The molecule has 1 aliphatic heterocycles. The fourth-order valence-electron chi connectivity index (χ4n) is 2.31. The predicted octanol–water partition coefficient (Wildman–Crippen LogP) is 4.48. The van der Waals surface area contributed by atoms with Crippen LogP contribution in [0.3, 0.4) is 0 Å². The van der Waals surface area contributed by atoms with E-state index in [0.717, 1.165) is 14.5 Å². The molecular weight excluding hydrogens is 308 g/mol. The first-order valence-electron chi connectivity index (χ1n) is 6.22. The third-order valence-electron chi connectivity index (χ3n) is 3.30. The average Bonchev–Trinajstić information content (AvgIpc) is 3.01. The maximum absolute atomic E-state index is 4.60. The van der Waals surface area contributed by atoms with Gasteiger partial charge in [-0.2, -0.15) is 0 Å². The summed E-state index contributed by atoms with van der Waals surface area (Å²) in [5.41, 5.74) is 3.62. The topological polar surface area (TPSA) is 16.1 Å². The van der Waals surface area contributed by atoms with Gasteiger partial charge in [0.1, 0.15) is 5.01 Å². The lowest BCUT2D eigenvalue weighted by atomic mass is 10.2. The third kappa shape index (κ3) is 2.31. The Bertz CT molecular complexity index is 539. The zero-order valence-electron chi connectivity index (χ0n) is 10.3. The van der Waals surface area contributed by atoms with E-state index in [1.807, 2.05) is 6.92 Å². The Balaban J connectivity index is 1.95.